The first-order valence-electron chi connectivity index (χ1n) is 16.7. The van der Waals surface area contributed by atoms with Gasteiger partial charge in [0.1, 0.15) is 6.04 Å². The van der Waals surface area contributed by atoms with E-state index in [-0.39, 0.29) is 30.3 Å². The van der Waals surface area contributed by atoms with Crippen molar-refractivity contribution in [3.05, 3.63) is 131 Å². The van der Waals surface area contributed by atoms with E-state index in [1.807, 2.05) is 82.6 Å². The Labute approximate surface area is 279 Å². The highest BCUT2D eigenvalue weighted by Crippen LogP contribution is 2.24. The monoisotopic (exact) mass is 630 g/mol. The Bertz CT molecular complexity index is 1590. The number of likely N-dealkylation sites (tertiary alicyclic amines) is 1. The second kappa shape index (κ2) is 16.7. The van der Waals surface area contributed by atoms with E-state index in [4.69, 9.17) is 0 Å². The molecule has 7 heteroatoms. The van der Waals surface area contributed by atoms with E-state index in [1.165, 1.54) is 5.56 Å². The summed E-state index contributed by atoms with van der Waals surface area (Å²) in [5.41, 5.74) is 6.29. The van der Waals surface area contributed by atoms with Gasteiger partial charge in [-0.15, -0.1) is 0 Å². The molecule has 1 aliphatic rings. The molecule has 1 aliphatic heterocycles. The molecule has 0 radical (unpaired) electrons. The average molecular weight is 631 g/mol. The highest BCUT2D eigenvalue weighted by Gasteiger charge is 2.35. The Morgan fingerprint density at radius 3 is 2.02 bits per heavy atom. The van der Waals surface area contributed by atoms with Gasteiger partial charge in [0.05, 0.1) is 6.54 Å². The molecule has 0 saturated carbocycles. The molecule has 5 rings (SSSR count). The molecular weight excluding hydrogens is 584 g/mol. The first-order valence-corrected chi connectivity index (χ1v) is 16.7. The highest BCUT2D eigenvalue weighted by molar-refractivity contribution is 5.95. The summed E-state index contributed by atoms with van der Waals surface area (Å²) in [6.45, 7) is 3.80. The SMILES string of the molecule is CNCC(=O)NC(CCc1ccccc1)C(=O)N1CCCC1CN(CCc1ccccc1)C(=O)c1ccc(-c2ccc(C)cc2)cc1. The fourth-order valence-corrected chi connectivity index (χ4v) is 6.31. The van der Waals surface area contributed by atoms with E-state index in [1.54, 1.807) is 7.05 Å². The summed E-state index contributed by atoms with van der Waals surface area (Å²) < 4.78 is 0. The molecule has 4 aromatic rings. The van der Waals surface area contributed by atoms with Crippen LogP contribution in [0.3, 0.4) is 0 Å². The zero-order chi connectivity index (χ0) is 33.0. The minimum atomic E-state index is -0.639. The van der Waals surface area contributed by atoms with E-state index in [2.05, 4.69) is 54.0 Å². The number of hydrogen-bond acceptors (Lipinski definition) is 4. The number of nitrogens with one attached hydrogen (secondary N) is 2. The number of hydrogen-bond donors (Lipinski definition) is 2. The van der Waals surface area contributed by atoms with Gasteiger partial charge in [0, 0.05) is 31.2 Å². The Kier molecular flexibility index (Phi) is 11.9. The highest BCUT2D eigenvalue weighted by atomic mass is 16.2. The van der Waals surface area contributed by atoms with Crippen LogP contribution in [-0.2, 0) is 22.4 Å². The van der Waals surface area contributed by atoms with E-state index in [9.17, 15) is 14.4 Å². The zero-order valence-electron chi connectivity index (χ0n) is 27.5. The molecule has 0 aromatic heterocycles. The number of likely N-dealkylation sites (N-methyl/N-ethyl adjacent to an activating group) is 1. The molecule has 244 valence electrons. The fraction of sp³-hybridized carbons (Fsp3) is 0.325. The van der Waals surface area contributed by atoms with Crippen LogP contribution in [0.1, 0.15) is 46.3 Å². The molecule has 0 spiro atoms. The maximum Gasteiger partial charge on any atom is 0.253 e. The molecule has 2 N–H and O–H groups in total. The van der Waals surface area contributed by atoms with Crippen LogP contribution in [0, 0.1) is 6.92 Å². The summed E-state index contributed by atoms with van der Waals surface area (Å²) in [7, 11) is 1.72. The van der Waals surface area contributed by atoms with Crippen molar-refractivity contribution in [2.45, 2.75) is 51.1 Å². The van der Waals surface area contributed by atoms with Crippen LogP contribution in [0.5, 0.6) is 0 Å². The van der Waals surface area contributed by atoms with Crippen molar-refractivity contribution in [1.29, 1.82) is 0 Å². The number of benzene rings is 4. The van der Waals surface area contributed by atoms with Crippen LogP contribution in [0.2, 0.25) is 0 Å². The molecular formula is C40H46N4O3. The Hall–Kier alpha value is -4.75. The van der Waals surface area contributed by atoms with Gasteiger partial charge in [-0.25, -0.2) is 0 Å². The van der Waals surface area contributed by atoms with Crippen molar-refractivity contribution < 1.29 is 14.4 Å². The first kappa shape index (κ1) is 33.6. The third-order valence-corrected chi connectivity index (χ3v) is 8.94. The van der Waals surface area contributed by atoms with Gasteiger partial charge in [0.15, 0.2) is 0 Å². The smallest absolute Gasteiger partial charge is 0.253 e. The molecule has 3 amide bonds. The molecule has 47 heavy (non-hydrogen) atoms. The fourth-order valence-electron chi connectivity index (χ4n) is 6.31. The lowest BCUT2D eigenvalue weighted by atomic mass is 10.0. The third kappa shape index (κ3) is 9.39. The molecule has 1 saturated heterocycles. The van der Waals surface area contributed by atoms with Crippen molar-refractivity contribution in [3.8, 4) is 11.1 Å². The van der Waals surface area contributed by atoms with Crippen LogP contribution in [0.25, 0.3) is 11.1 Å². The zero-order valence-corrected chi connectivity index (χ0v) is 27.5. The summed E-state index contributed by atoms with van der Waals surface area (Å²) in [4.78, 5) is 44.6. The van der Waals surface area contributed by atoms with Crippen molar-refractivity contribution in [2.75, 3.05) is 33.2 Å². The number of carbonyl (C=O) groups excluding carboxylic acids is 3. The van der Waals surface area contributed by atoms with Gasteiger partial charge in [0.2, 0.25) is 11.8 Å². The van der Waals surface area contributed by atoms with Crippen LogP contribution < -0.4 is 10.6 Å². The number of amides is 3. The van der Waals surface area contributed by atoms with Crippen LogP contribution in [-0.4, -0.2) is 72.8 Å². The topological polar surface area (TPSA) is 81.8 Å². The van der Waals surface area contributed by atoms with Crippen molar-refractivity contribution in [2.24, 2.45) is 0 Å². The molecule has 4 aromatic carbocycles. The standard InChI is InChI=1S/C40H46N4O3/c1-30-15-18-33(19-16-30)34-20-22-35(23-21-34)39(46)43(27-25-32-12-7-4-8-13-32)29-36-14-9-26-44(36)40(47)37(42-38(45)28-41-2)24-17-31-10-5-3-6-11-31/h3-8,10-13,15-16,18-23,36-37,41H,9,14,17,24-29H2,1-2H3,(H,42,45). The summed E-state index contributed by atoms with van der Waals surface area (Å²) in [6, 6.07) is 35.6. The predicted molar refractivity (Wildman–Crippen MR) is 188 cm³/mol. The Morgan fingerprint density at radius 1 is 0.809 bits per heavy atom. The molecule has 0 aliphatic carbocycles. The first-order chi connectivity index (χ1) is 22.9. The van der Waals surface area contributed by atoms with Crippen molar-refractivity contribution in [3.63, 3.8) is 0 Å². The van der Waals surface area contributed by atoms with Gasteiger partial charge in [0.25, 0.3) is 5.91 Å². The number of rotatable bonds is 14. The van der Waals surface area contributed by atoms with Gasteiger partial charge in [-0.2, -0.15) is 0 Å². The molecule has 2 atom stereocenters. The molecule has 1 heterocycles. The van der Waals surface area contributed by atoms with Crippen LogP contribution in [0.4, 0.5) is 0 Å². The number of nitrogens with zero attached hydrogens (tertiary/aromatic N) is 2. The van der Waals surface area contributed by atoms with Gasteiger partial charge in [-0.05, 0) is 80.5 Å². The third-order valence-electron chi connectivity index (χ3n) is 8.94. The second-order valence-corrected chi connectivity index (χ2v) is 12.4. The maximum absolute atomic E-state index is 14.1. The summed E-state index contributed by atoms with van der Waals surface area (Å²) in [5, 5.41) is 5.86. The lowest BCUT2D eigenvalue weighted by molar-refractivity contribution is -0.137. The van der Waals surface area contributed by atoms with Crippen molar-refractivity contribution >= 4 is 17.7 Å². The van der Waals surface area contributed by atoms with Gasteiger partial charge < -0.3 is 20.4 Å². The minimum Gasteiger partial charge on any atom is -0.343 e. The molecule has 2 unspecified atom stereocenters. The maximum atomic E-state index is 14.1. The molecule has 7 nitrogen and oxygen atoms in total. The lowest BCUT2D eigenvalue weighted by Crippen LogP contribution is -2.53. The second-order valence-electron chi connectivity index (χ2n) is 12.4. The Balaban J connectivity index is 1.33. The average Bonchev–Trinajstić information content (AvgIpc) is 3.57. The minimum absolute atomic E-state index is 0.0429. The molecule has 0 bridgehead atoms. The largest absolute Gasteiger partial charge is 0.343 e. The van der Waals surface area contributed by atoms with Crippen LogP contribution in [0.15, 0.2) is 109 Å². The van der Waals surface area contributed by atoms with Crippen LogP contribution >= 0.6 is 0 Å². The van der Waals surface area contributed by atoms with Gasteiger partial charge in [-0.3, -0.25) is 14.4 Å². The van der Waals surface area contributed by atoms with Crippen molar-refractivity contribution in [1.82, 2.24) is 20.4 Å². The quantitative estimate of drug-likeness (QED) is 0.188. The number of carbonyl (C=O) groups is 3. The summed E-state index contributed by atoms with van der Waals surface area (Å²) in [5.74, 6) is -0.326. The lowest BCUT2D eigenvalue weighted by Gasteiger charge is -2.33. The summed E-state index contributed by atoms with van der Waals surface area (Å²) in [6.07, 6.45) is 3.57. The normalized spacial score (nSPS) is 14.9. The van der Waals surface area contributed by atoms with E-state index < -0.39 is 6.04 Å². The van der Waals surface area contributed by atoms with E-state index in [0.29, 0.717) is 44.5 Å². The predicted octanol–water partition coefficient (Wildman–Crippen LogP) is 5.67. The van der Waals surface area contributed by atoms with E-state index >= 15 is 0 Å². The number of aryl methyl sites for hydroxylation is 2. The van der Waals surface area contributed by atoms with E-state index in [0.717, 1.165) is 35.1 Å². The van der Waals surface area contributed by atoms with Gasteiger partial charge >= 0.3 is 0 Å². The molecule has 1 fully saturated rings. The Morgan fingerprint density at radius 2 is 1.40 bits per heavy atom. The summed E-state index contributed by atoms with van der Waals surface area (Å²) >= 11 is 0. The van der Waals surface area contributed by atoms with Gasteiger partial charge in [-0.1, -0.05) is 103 Å².